The normalized spacial score (nSPS) is 12.0. The fourth-order valence-electron chi connectivity index (χ4n) is 1.95. The Morgan fingerprint density at radius 3 is 2.40 bits per heavy atom. The second kappa shape index (κ2) is 6.34. The van der Waals surface area contributed by atoms with E-state index in [0.29, 0.717) is 17.5 Å². The molecule has 5 nitrogen and oxygen atoms in total. The van der Waals surface area contributed by atoms with Crippen LogP contribution in [0.15, 0.2) is 30.5 Å². The summed E-state index contributed by atoms with van der Waals surface area (Å²) in [5.41, 5.74) is 9.09. The predicted octanol–water partition coefficient (Wildman–Crippen LogP) is 2.10. The molecular weight excluding hydrogens is 254 g/mol. The first kappa shape index (κ1) is 14.3. The highest BCUT2D eigenvalue weighted by molar-refractivity contribution is 5.35. The van der Waals surface area contributed by atoms with Crippen molar-refractivity contribution in [1.82, 2.24) is 9.97 Å². The molecule has 2 N–H and O–H groups in total. The van der Waals surface area contributed by atoms with Crippen molar-refractivity contribution in [3.8, 4) is 11.8 Å². The summed E-state index contributed by atoms with van der Waals surface area (Å²) in [5, 5.41) is 0. The molecule has 0 fully saturated rings. The maximum absolute atomic E-state index is 6.25. The Labute approximate surface area is 118 Å². The van der Waals surface area contributed by atoms with E-state index >= 15 is 0 Å². The zero-order valence-corrected chi connectivity index (χ0v) is 12.0. The summed E-state index contributed by atoms with van der Waals surface area (Å²) in [6.07, 6.45) is 2.54. The van der Waals surface area contributed by atoms with Crippen molar-refractivity contribution in [2.75, 3.05) is 14.2 Å². The van der Waals surface area contributed by atoms with Crippen molar-refractivity contribution in [2.24, 2.45) is 5.73 Å². The third-order valence-corrected chi connectivity index (χ3v) is 3.19. The van der Waals surface area contributed by atoms with Gasteiger partial charge in [0.1, 0.15) is 5.69 Å². The van der Waals surface area contributed by atoms with Crippen LogP contribution in [0.5, 0.6) is 11.8 Å². The number of nitrogens with zero attached hydrogens (tertiary/aromatic N) is 2. The summed E-state index contributed by atoms with van der Waals surface area (Å²) in [7, 11) is 3.08. The average molecular weight is 273 g/mol. The minimum absolute atomic E-state index is 0.380. The Balaban J connectivity index is 2.33. The van der Waals surface area contributed by atoms with E-state index in [1.54, 1.807) is 7.11 Å². The van der Waals surface area contributed by atoms with Gasteiger partial charge in [0.25, 0.3) is 0 Å². The Bertz CT molecular complexity index is 570. The third-order valence-electron chi connectivity index (χ3n) is 3.19. The van der Waals surface area contributed by atoms with Crippen molar-refractivity contribution in [3.63, 3.8) is 0 Å². The van der Waals surface area contributed by atoms with Gasteiger partial charge in [-0.15, -0.1) is 0 Å². The molecule has 20 heavy (non-hydrogen) atoms. The molecule has 0 aliphatic heterocycles. The minimum Gasteiger partial charge on any atom is -0.480 e. The smallest absolute Gasteiger partial charge is 0.240 e. The predicted molar refractivity (Wildman–Crippen MR) is 77.0 cm³/mol. The van der Waals surface area contributed by atoms with Crippen LogP contribution in [0.3, 0.4) is 0 Å². The van der Waals surface area contributed by atoms with Gasteiger partial charge in [0, 0.05) is 0 Å². The second-order valence-corrected chi connectivity index (χ2v) is 4.38. The van der Waals surface area contributed by atoms with Gasteiger partial charge >= 0.3 is 0 Å². The quantitative estimate of drug-likeness (QED) is 0.903. The van der Waals surface area contributed by atoms with Gasteiger partial charge in [0.15, 0.2) is 0 Å². The molecule has 0 saturated heterocycles. The molecule has 0 spiro atoms. The Hall–Kier alpha value is -2.14. The van der Waals surface area contributed by atoms with Crippen LogP contribution in [0.2, 0.25) is 0 Å². The number of methoxy groups -OCH3 is 2. The number of benzene rings is 1. The van der Waals surface area contributed by atoms with Crippen molar-refractivity contribution < 1.29 is 9.47 Å². The summed E-state index contributed by atoms with van der Waals surface area (Å²) in [5.74, 6) is 0.788. The fraction of sp³-hybridized carbons (Fsp3) is 0.333. The first-order valence-electron chi connectivity index (χ1n) is 6.49. The van der Waals surface area contributed by atoms with Gasteiger partial charge in [0.05, 0.1) is 26.5 Å². The van der Waals surface area contributed by atoms with Crippen LogP contribution < -0.4 is 15.2 Å². The maximum atomic E-state index is 6.25. The molecule has 1 unspecified atom stereocenters. The number of nitrogens with two attached hydrogens (primary N) is 1. The first-order valence-corrected chi connectivity index (χ1v) is 6.49. The molecule has 0 radical (unpaired) electrons. The van der Waals surface area contributed by atoms with E-state index in [1.807, 2.05) is 12.1 Å². The molecule has 1 heterocycles. The van der Waals surface area contributed by atoms with E-state index < -0.39 is 0 Å². The molecule has 0 bridgehead atoms. The number of hydrogen-bond donors (Lipinski definition) is 1. The highest BCUT2D eigenvalue weighted by Gasteiger charge is 2.18. The van der Waals surface area contributed by atoms with Crippen molar-refractivity contribution in [1.29, 1.82) is 0 Å². The third kappa shape index (κ3) is 2.88. The lowest BCUT2D eigenvalue weighted by Gasteiger charge is -2.15. The second-order valence-electron chi connectivity index (χ2n) is 4.38. The largest absolute Gasteiger partial charge is 0.480 e. The van der Waals surface area contributed by atoms with E-state index in [0.717, 1.165) is 12.0 Å². The van der Waals surface area contributed by atoms with E-state index in [4.69, 9.17) is 15.2 Å². The number of hydrogen-bond acceptors (Lipinski definition) is 5. The Kier molecular flexibility index (Phi) is 4.53. The van der Waals surface area contributed by atoms with Crippen LogP contribution in [0.1, 0.15) is 29.8 Å². The van der Waals surface area contributed by atoms with E-state index in [-0.39, 0.29) is 6.04 Å². The number of aryl methyl sites for hydroxylation is 1. The minimum atomic E-state index is -0.380. The van der Waals surface area contributed by atoms with Gasteiger partial charge in [-0.1, -0.05) is 31.2 Å². The van der Waals surface area contributed by atoms with Crippen molar-refractivity contribution in [2.45, 2.75) is 19.4 Å². The lowest BCUT2D eigenvalue weighted by Crippen LogP contribution is -2.15. The monoisotopic (exact) mass is 273 g/mol. The molecule has 0 amide bonds. The van der Waals surface area contributed by atoms with Gasteiger partial charge in [-0.2, -0.15) is 4.98 Å². The first-order chi connectivity index (χ1) is 9.69. The molecule has 0 aliphatic rings. The molecule has 0 saturated carbocycles. The van der Waals surface area contributed by atoms with E-state index in [2.05, 4.69) is 29.0 Å². The molecular formula is C15H19N3O2. The maximum Gasteiger partial charge on any atom is 0.240 e. The summed E-state index contributed by atoms with van der Waals surface area (Å²) < 4.78 is 10.3. The molecule has 1 atom stereocenters. The molecule has 5 heteroatoms. The molecule has 2 rings (SSSR count). The van der Waals surface area contributed by atoms with Gasteiger partial charge in [-0.25, -0.2) is 4.98 Å². The van der Waals surface area contributed by atoms with Crippen molar-refractivity contribution in [3.05, 3.63) is 47.3 Å². The topological polar surface area (TPSA) is 70.3 Å². The van der Waals surface area contributed by atoms with Crippen LogP contribution in [0.4, 0.5) is 0 Å². The number of aromatic nitrogens is 2. The van der Waals surface area contributed by atoms with Gasteiger partial charge in [0.2, 0.25) is 11.8 Å². The lowest BCUT2D eigenvalue weighted by atomic mass is 10.0. The summed E-state index contributed by atoms with van der Waals surface area (Å²) in [4.78, 5) is 8.50. The van der Waals surface area contributed by atoms with Crippen molar-refractivity contribution >= 4 is 0 Å². The van der Waals surface area contributed by atoms with Gasteiger partial charge < -0.3 is 15.2 Å². The Morgan fingerprint density at radius 1 is 1.15 bits per heavy atom. The van der Waals surface area contributed by atoms with E-state index in [1.165, 1.54) is 18.9 Å². The van der Waals surface area contributed by atoms with Gasteiger partial charge in [-0.05, 0) is 17.5 Å². The molecule has 0 aliphatic carbocycles. The molecule has 1 aromatic carbocycles. The van der Waals surface area contributed by atoms with Crippen LogP contribution in [0, 0.1) is 0 Å². The number of rotatable bonds is 5. The van der Waals surface area contributed by atoms with Crippen LogP contribution in [-0.4, -0.2) is 24.2 Å². The average Bonchev–Trinajstić information content (AvgIpc) is 2.53. The summed E-state index contributed by atoms with van der Waals surface area (Å²) in [6.45, 7) is 2.12. The standard InChI is InChI=1S/C15H19N3O2/c1-4-10-5-7-11(8-6-10)13(16)14-15(20-3)18-12(19-2)9-17-14/h5-9,13H,4,16H2,1-3H3. The SMILES string of the molecule is CCc1ccc(C(N)c2ncc(OC)nc2OC)cc1. The summed E-state index contributed by atoms with van der Waals surface area (Å²) in [6, 6.07) is 7.77. The van der Waals surface area contributed by atoms with Crippen LogP contribution in [0.25, 0.3) is 0 Å². The zero-order chi connectivity index (χ0) is 14.5. The zero-order valence-electron chi connectivity index (χ0n) is 12.0. The van der Waals surface area contributed by atoms with E-state index in [9.17, 15) is 0 Å². The van der Waals surface area contributed by atoms with Crippen LogP contribution in [-0.2, 0) is 6.42 Å². The number of ether oxygens (including phenoxy) is 2. The summed E-state index contributed by atoms with van der Waals surface area (Å²) >= 11 is 0. The Morgan fingerprint density at radius 2 is 1.85 bits per heavy atom. The highest BCUT2D eigenvalue weighted by Crippen LogP contribution is 2.26. The molecule has 106 valence electrons. The fourth-order valence-corrected chi connectivity index (χ4v) is 1.95. The van der Waals surface area contributed by atoms with Crippen LogP contribution >= 0.6 is 0 Å². The molecule has 1 aromatic heterocycles. The lowest BCUT2D eigenvalue weighted by molar-refractivity contribution is 0.355. The highest BCUT2D eigenvalue weighted by atomic mass is 16.5. The van der Waals surface area contributed by atoms with Gasteiger partial charge in [-0.3, -0.25) is 0 Å². The molecule has 2 aromatic rings.